The fraction of sp³-hybridized carbons (Fsp3) is 0.250. The van der Waals surface area contributed by atoms with Crippen LogP contribution in [0.5, 0.6) is 0 Å². The lowest BCUT2D eigenvalue weighted by Gasteiger charge is -2.09. The van der Waals surface area contributed by atoms with E-state index < -0.39 is 0 Å². The van der Waals surface area contributed by atoms with Gasteiger partial charge in [-0.3, -0.25) is 9.59 Å². The van der Waals surface area contributed by atoms with Crippen LogP contribution in [-0.2, 0) is 4.79 Å². The van der Waals surface area contributed by atoms with Gasteiger partial charge in [-0.25, -0.2) is 4.68 Å². The maximum atomic E-state index is 12.2. The van der Waals surface area contributed by atoms with Crippen LogP contribution in [0.4, 0.5) is 11.4 Å². The molecule has 1 aliphatic carbocycles. The molecule has 0 unspecified atom stereocenters. The van der Waals surface area contributed by atoms with Gasteiger partial charge >= 0.3 is 0 Å². The zero-order valence-corrected chi connectivity index (χ0v) is 15.4. The first-order chi connectivity index (χ1) is 13.6. The summed E-state index contributed by atoms with van der Waals surface area (Å²) >= 11 is 0. The molecule has 0 spiro atoms. The van der Waals surface area contributed by atoms with Gasteiger partial charge in [0.25, 0.3) is 0 Å². The number of Topliss-reactive ketones (excluding diaryl/α,β-unsaturated/α-hetero) is 1. The first-order valence-corrected chi connectivity index (χ1v) is 9.13. The molecule has 0 radical (unpaired) electrons. The standard InChI is InChI=1S/C20H20N6O2/c1-13(27)15-3-2-4-17(11-15)22-19(28)12-21-16-7-5-14(6-8-16)20-23-24-25-26(20)18-9-10-18/h2-8,11,18,21H,9-10,12H2,1H3,(H,22,28). The summed E-state index contributed by atoms with van der Waals surface area (Å²) in [6.45, 7) is 1.61. The van der Waals surface area contributed by atoms with Crippen LogP contribution >= 0.6 is 0 Å². The van der Waals surface area contributed by atoms with Crippen molar-refractivity contribution >= 4 is 23.1 Å². The highest BCUT2D eigenvalue weighted by atomic mass is 16.2. The van der Waals surface area contributed by atoms with Crippen LogP contribution < -0.4 is 10.6 Å². The van der Waals surface area contributed by atoms with Gasteiger partial charge in [-0.2, -0.15) is 0 Å². The summed E-state index contributed by atoms with van der Waals surface area (Å²) in [5.74, 6) is 0.529. The molecule has 0 atom stereocenters. The van der Waals surface area contributed by atoms with Gasteiger partial charge in [-0.05, 0) is 66.6 Å². The number of nitrogens with one attached hydrogen (secondary N) is 2. The van der Waals surface area contributed by atoms with Gasteiger partial charge < -0.3 is 10.6 Å². The van der Waals surface area contributed by atoms with E-state index >= 15 is 0 Å². The molecule has 1 fully saturated rings. The van der Waals surface area contributed by atoms with E-state index in [0.717, 1.165) is 29.9 Å². The second-order valence-corrected chi connectivity index (χ2v) is 6.79. The molecule has 8 heteroatoms. The van der Waals surface area contributed by atoms with E-state index in [-0.39, 0.29) is 18.2 Å². The minimum atomic E-state index is -0.192. The van der Waals surface area contributed by atoms with Crippen LogP contribution in [0.3, 0.4) is 0 Å². The molecule has 1 saturated carbocycles. The highest BCUT2D eigenvalue weighted by Gasteiger charge is 2.28. The lowest BCUT2D eigenvalue weighted by molar-refractivity contribution is -0.114. The maximum Gasteiger partial charge on any atom is 0.243 e. The van der Waals surface area contributed by atoms with Crippen LogP contribution in [0.25, 0.3) is 11.4 Å². The number of rotatable bonds is 7. The minimum absolute atomic E-state index is 0.0398. The Kier molecular flexibility index (Phi) is 4.84. The molecule has 1 amide bonds. The van der Waals surface area contributed by atoms with E-state index in [2.05, 4.69) is 26.2 Å². The molecule has 0 saturated heterocycles. The Morgan fingerprint density at radius 1 is 1.11 bits per heavy atom. The van der Waals surface area contributed by atoms with Crippen molar-refractivity contribution in [2.45, 2.75) is 25.8 Å². The number of tetrazole rings is 1. The van der Waals surface area contributed by atoms with Gasteiger partial charge in [0.15, 0.2) is 11.6 Å². The Balaban J connectivity index is 1.34. The summed E-state index contributed by atoms with van der Waals surface area (Å²) < 4.78 is 1.87. The van der Waals surface area contributed by atoms with Crippen LogP contribution in [0.2, 0.25) is 0 Å². The van der Waals surface area contributed by atoms with E-state index in [1.165, 1.54) is 6.92 Å². The molecule has 3 aromatic rings. The SMILES string of the molecule is CC(=O)c1cccc(NC(=O)CNc2ccc(-c3nnnn3C3CC3)cc2)c1. The van der Waals surface area contributed by atoms with Crippen LogP contribution in [0, 0.1) is 0 Å². The van der Waals surface area contributed by atoms with Gasteiger partial charge in [0.05, 0.1) is 12.6 Å². The first kappa shape index (κ1) is 17.8. The van der Waals surface area contributed by atoms with Crippen molar-refractivity contribution in [2.75, 3.05) is 17.2 Å². The summed E-state index contributed by atoms with van der Waals surface area (Å²) in [7, 11) is 0. The molecule has 1 heterocycles. The van der Waals surface area contributed by atoms with Crippen molar-refractivity contribution in [1.29, 1.82) is 0 Å². The largest absolute Gasteiger partial charge is 0.376 e. The van der Waals surface area contributed by atoms with Gasteiger partial charge in [-0.1, -0.05) is 12.1 Å². The highest BCUT2D eigenvalue weighted by Crippen LogP contribution is 2.36. The fourth-order valence-electron chi connectivity index (χ4n) is 2.89. The van der Waals surface area contributed by atoms with Gasteiger partial charge in [0.2, 0.25) is 5.91 Å². The van der Waals surface area contributed by atoms with Crippen molar-refractivity contribution in [3.8, 4) is 11.4 Å². The Labute approximate surface area is 162 Å². The third kappa shape index (κ3) is 4.06. The van der Waals surface area contributed by atoms with Crippen molar-refractivity contribution in [1.82, 2.24) is 20.2 Å². The molecular weight excluding hydrogens is 356 g/mol. The average molecular weight is 376 g/mol. The monoisotopic (exact) mass is 376 g/mol. The van der Waals surface area contributed by atoms with Crippen molar-refractivity contribution in [2.24, 2.45) is 0 Å². The number of nitrogens with zero attached hydrogens (tertiary/aromatic N) is 4. The maximum absolute atomic E-state index is 12.2. The van der Waals surface area contributed by atoms with Gasteiger partial charge in [0.1, 0.15) is 0 Å². The second-order valence-electron chi connectivity index (χ2n) is 6.79. The lowest BCUT2D eigenvalue weighted by Crippen LogP contribution is -2.21. The Bertz CT molecular complexity index is 1010. The number of anilines is 2. The smallest absolute Gasteiger partial charge is 0.243 e. The van der Waals surface area contributed by atoms with Crippen molar-refractivity contribution < 1.29 is 9.59 Å². The molecule has 4 rings (SSSR count). The van der Waals surface area contributed by atoms with Crippen LogP contribution in [0.1, 0.15) is 36.2 Å². The number of hydrogen-bond donors (Lipinski definition) is 2. The fourth-order valence-corrected chi connectivity index (χ4v) is 2.89. The molecule has 2 N–H and O–H groups in total. The lowest BCUT2D eigenvalue weighted by atomic mass is 10.1. The summed E-state index contributed by atoms with van der Waals surface area (Å²) in [4.78, 5) is 23.6. The molecule has 0 aliphatic heterocycles. The van der Waals surface area contributed by atoms with Crippen molar-refractivity contribution in [3.63, 3.8) is 0 Å². The van der Waals surface area contributed by atoms with E-state index in [4.69, 9.17) is 0 Å². The average Bonchev–Trinajstić information content (AvgIpc) is 3.43. The quantitative estimate of drug-likeness (QED) is 0.615. The third-order valence-corrected chi connectivity index (χ3v) is 4.53. The zero-order chi connectivity index (χ0) is 19.5. The first-order valence-electron chi connectivity index (χ1n) is 9.13. The predicted molar refractivity (Wildman–Crippen MR) is 105 cm³/mol. The van der Waals surface area contributed by atoms with E-state index in [9.17, 15) is 9.59 Å². The van der Waals surface area contributed by atoms with E-state index in [1.54, 1.807) is 24.3 Å². The summed E-state index contributed by atoms with van der Waals surface area (Å²) in [5.41, 5.74) is 2.92. The molecule has 28 heavy (non-hydrogen) atoms. The Hall–Kier alpha value is -3.55. The van der Waals surface area contributed by atoms with Crippen molar-refractivity contribution in [3.05, 3.63) is 54.1 Å². The molecule has 1 aliphatic rings. The van der Waals surface area contributed by atoms with Gasteiger partial charge in [0, 0.05) is 22.5 Å². The molecule has 142 valence electrons. The second kappa shape index (κ2) is 7.59. The van der Waals surface area contributed by atoms with Crippen LogP contribution in [-0.4, -0.2) is 38.4 Å². The molecular formula is C20H20N6O2. The highest BCUT2D eigenvalue weighted by molar-refractivity contribution is 5.98. The van der Waals surface area contributed by atoms with E-state index in [1.807, 2.05) is 28.9 Å². The summed E-state index contributed by atoms with van der Waals surface area (Å²) in [6.07, 6.45) is 2.23. The summed E-state index contributed by atoms with van der Waals surface area (Å²) in [5, 5.41) is 17.8. The number of aromatic nitrogens is 4. The number of benzene rings is 2. The zero-order valence-electron chi connectivity index (χ0n) is 15.4. The molecule has 1 aromatic heterocycles. The number of ketones is 1. The van der Waals surface area contributed by atoms with E-state index in [0.29, 0.717) is 17.3 Å². The molecule has 2 aromatic carbocycles. The number of carbonyl (C=O) groups excluding carboxylic acids is 2. The number of amides is 1. The third-order valence-electron chi connectivity index (χ3n) is 4.53. The molecule has 0 bridgehead atoms. The van der Waals surface area contributed by atoms with Gasteiger partial charge in [-0.15, -0.1) is 5.10 Å². The normalized spacial score (nSPS) is 13.2. The Morgan fingerprint density at radius 2 is 1.89 bits per heavy atom. The Morgan fingerprint density at radius 3 is 2.61 bits per heavy atom. The summed E-state index contributed by atoms with van der Waals surface area (Å²) in [6, 6.07) is 14.9. The number of hydrogen-bond acceptors (Lipinski definition) is 6. The number of carbonyl (C=O) groups is 2. The topological polar surface area (TPSA) is 102 Å². The van der Waals surface area contributed by atoms with Crippen LogP contribution in [0.15, 0.2) is 48.5 Å². The minimum Gasteiger partial charge on any atom is -0.376 e. The molecule has 8 nitrogen and oxygen atoms in total. The predicted octanol–water partition coefficient (Wildman–Crippen LogP) is 2.93.